The van der Waals surface area contributed by atoms with Gasteiger partial charge in [-0.2, -0.15) is 0 Å². The van der Waals surface area contributed by atoms with E-state index in [2.05, 4.69) is 23.6 Å². The highest BCUT2D eigenvalue weighted by Crippen LogP contribution is 2.28. The van der Waals surface area contributed by atoms with Crippen molar-refractivity contribution in [2.45, 2.75) is 45.1 Å². The van der Waals surface area contributed by atoms with Crippen LogP contribution < -0.4 is 15.4 Å². The summed E-state index contributed by atoms with van der Waals surface area (Å²) >= 11 is 0. The molecule has 2 aromatic rings. The molecule has 2 aromatic carbocycles. The summed E-state index contributed by atoms with van der Waals surface area (Å²) in [5.41, 5.74) is 2.82. The van der Waals surface area contributed by atoms with Crippen LogP contribution in [0.2, 0.25) is 0 Å². The lowest BCUT2D eigenvalue weighted by Crippen LogP contribution is -2.44. The van der Waals surface area contributed by atoms with Gasteiger partial charge in [0.15, 0.2) is 0 Å². The number of nitrogens with zero attached hydrogens (tertiary/aromatic N) is 1. The van der Waals surface area contributed by atoms with Gasteiger partial charge in [-0.1, -0.05) is 31.2 Å². The maximum absolute atomic E-state index is 13.0. The summed E-state index contributed by atoms with van der Waals surface area (Å²) in [6.45, 7) is 6.08. The van der Waals surface area contributed by atoms with Crippen molar-refractivity contribution in [3.8, 4) is 5.75 Å². The van der Waals surface area contributed by atoms with Gasteiger partial charge >= 0.3 is 6.03 Å². The number of rotatable bonds is 7. The first-order valence-corrected chi connectivity index (χ1v) is 11.1. The van der Waals surface area contributed by atoms with Crippen LogP contribution in [0.3, 0.4) is 0 Å². The summed E-state index contributed by atoms with van der Waals surface area (Å²) in [6, 6.07) is 15.5. The molecule has 166 valence electrons. The van der Waals surface area contributed by atoms with Gasteiger partial charge in [-0.25, -0.2) is 4.79 Å². The second kappa shape index (κ2) is 10.8. The van der Waals surface area contributed by atoms with Crippen molar-refractivity contribution in [2.24, 2.45) is 0 Å². The van der Waals surface area contributed by atoms with E-state index in [4.69, 9.17) is 4.74 Å². The highest BCUT2D eigenvalue weighted by molar-refractivity contribution is 5.94. The average Bonchev–Trinajstić information content (AvgIpc) is 2.83. The molecule has 1 fully saturated rings. The molecule has 0 spiro atoms. The third-order valence-corrected chi connectivity index (χ3v) is 5.89. The van der Waals surface area contributed by atoms with E-state index in [0.717, 1.165) is 42.7 Å². The summed E-state index contributed by atoms with van der Waals surface area (Å²) in [4.78, 5) is 27.1. The second-order valence-electron chi connectivity index (χ2n) is 7.95. The zero-order valence-corrected chi connectivity index (χ0v) is 18.7. The van der Waals surface area contributed by atoms with Crippen molar-refractivity contribution in [2.75, 3.05) is 26.7 Å². The number of hydrogen-bond donors (Lipinski definition) is 2. The molecule has 0 aliphatic carbocycles. The Bertz CT molecular complexity index is 882. The number of methoxy groups -OCH3 is 1. The third kappa shape index (κ3) is 5.78. The van der Waals surface area contributed by atoms with Crippen LogP contribution in [0.1, 0.15) is 66.6 Å². The molecule has 6 heteroatoms. The molecule has 0 saturated carbocycles. The Morgan fingerprint density at radius 1 is 1.16 bits per heavy atom. The van der Waals surface area contributed by atoms with Crippen LogP contribution in [-0.4, -0.2) is 43.6 Å². The zero-order valence-electron chi connectivity index (χ0n) is 18.7. The first-order valence-electron chi connectivity index (χ1n) is 11.1. The highest BCUT2D eigenvalue weighted by Gasteiger charge is 2.25. The van der Waals surface area contributed by atoms with Gasteiger partial charge in [-0.3, -0.25) is 4.79 Å². The number of hydrogen-bond acceptors (Lipinski definition) is 3. The zero-order chi connectivity index (χ0) is 22.2. The highest BCUT2D eigenvalue weighted by atomic mass is 16.5. The van der Waals surface area contributed by atoms with Crippen molar-refractivity contribution < 1.29 is 14.3 Å². The van der Waals surface area contributed by atoms with Crippen molar-refractivity contribution in [3.05, 3.63) is 65.2 Å². The van der Waals surface area contributed by atoms with E-state index >= 15 is 0 Å². The summed E-state index contributed by atoms with van der Waals surface area (Å²) in [5.74, 6) is 0.959. The van der Waals surface area contributed by atoms with Gasteiger partial charge in [0.25, 0.3) is 5.91 Å². The van der Waals surface area contributed by atoms with Crippen LogP contribution in [0.5, 0.6) is 5.75 Å². The first-order chi connectivity index (χ1) is 15.0. The number of likely N-dealkylation sites (tertiary alicyclic amines) is 1. The number of benzene rings is 2. The number of carbonyl (C=O) groups excluding carboxylic acids is 2. The van der Waals surface area contributed by atoms with Gasteiger partial charge in [0, 0.05) is 31.1 Å². The fourth-order valence-corrected chi connectivity index (χ4v) is 4.13. The van der Waals surface area contributed by atoms with Gasteiger partial charge in [-0.05, 0) is 61.6 Å². The van der Waals surface area contributed by atoms with Crippen LogP contribution in [0, 0.1) is 0 Å². The maximum atomic E-state index is 13.0. The Labute approximate surface area is 185 Å². The predicted molar refractivity (Wildman–Crippen MR) is 123 cm³/mol. The standard InChI is InChI=1S/C25H33N3O3/c1-4-23(18-11-13-22(31-3)14-12-18)27-24(29)20-9-6-8-19(16-20)21-10-7-15-28(17-21)25(30)26-5-2/h6,8-9,11-14,16,21,23H,4-5,7,10,15,17H2,1-3H3,(H,26,30)(H,27,29)/t21-,23-/m1/s1. The molecule has 2 N–H and O–H groups in total. The fraction of sp³-hybridized carbons (Fsp3) is 0.440. The topological polar surface area (TPSA) is 70.7 Å². The van der Waals surface area contributed by atoms with E-state index in [-0.39, 0.29) is 23.9 Å². The molecule has 6 nitrogen and oxygen atoms in total. The van der Waals surface area contributed by atoms with Gasteiger partial charge < -0.3 is 20.3 Å². The van der Waals surface area contributed by atoms with Gasteiger partial charge in [-0.15, -0.1) is 0 Å². The molecule has 0 unspecified atom stereocenters. The molecule has 3 amide bonds. The molecular formula is C25H33N3O3. The van der Waals surface area contributed by atoms with Crippen LogP contribution >= 0.6 is 0 Å². The molecule has 0 aromatic heterocycles. The minimum Gasteiger partial charge on any atom is -0.497 e. The molecule has 1 heterocycles. The van der Waals surface area contributed by atoms with E-state index in [1.54, 1.807) is 7.11 Å². The summed E-state index contributed by atoms with van der Waals surface area (Å²) in [5, 5.41) is 6.04. The molecule has 1 saturated heterocycles. The van der Waals surface area contributed by atoms with Crippen molar-refractivity contribution >= 4 is 11.9 Å². The van der Waals surface area contributed by atoms with Gasteiger partial charge in [0.1, 0.15) is 5.75 Å². The van der Waals surface area contributed by atoms with E-state index in [1.807, 2.05) is 54.3 Å². The van der Waals surface area contributed by atoms with Crippen molar-refractivity contribution in [1.29, 1.82) is 0 Å². The molecule has 0 radical (unpaired) electrons. The Kier molecular flexibility index (Phi) is 7.93. The van der Waals surface area contributed by atoms with E-state index < -0.39 is 0 Å². The SMILES string of the molecule is CCNC(=O)N1CCC[C@@H](c2cccc(C(=O)N[C@H](CC)c3ccc(OC)cc3)c2)C1. The van der Waals surface area contributed by atoms with Crippen LogP contribution in [-0.2, 0) is 0 Å². The molecule has 0 bridgehead atoms. The van der Waals surface area contributed by atoms with Crippen LogP contribution in [0.4, 0.5) is 4.79 Å². The molecule has 3 rings (SSSR count). The number of amides is 3. The first kappa shape index (κ1) is 22.7. The Hall–Kier alpha value is -3.02. The molecular weight excluding hydrogens is 390 g/mol. The summed E-state index contributed by atoms with van der Waals surface area (Å²) in [7, 11) is 1.64. The molecule has 1 aliphatic heterocycles. The van der Waals surface area contributed by atoms with Gasteiger partial charge in [0.05, 0.1) is 13.2 Å². The summed E-state index contributed by atoms with van der Waals surface area (Å²) < 4.78 is 5.22. The number of ether oxygens (including phenoxy) is 1. The minimum atomic E-state index is -0.0825. The smallest absolute Gasteiger partial charge is 0.317 e. The number of nitrogens with one attached hydrogen (secondary N) is 2. The minimum absolute atomic E-state index is 0.00798. The quantitative estimate of drug-likeness (QED) is 0.690. The van der Waals surface area contributed by atoms with Crippen molar-refractivity contribution in [3.63, 3.8) is 0 Å². The van der Waals surface area contributed by atoms with Crippen LogP contribution in [0.25, 0.3) is 0 Å². The predicted octanol–water partition coefficient (Wildman–Crippen LogP) is 4.49. The fourth-order valence-electron chi connectivity index (χ4n) is 4.13. The van der Waals surface area contributed by atoms with Crippen molar-refractivity contribution in [1.82, 2.24) is 15.5 Å². The normalized spacial score (nSPS) is 17.0. The van der Waals surface area contributed by atoms with Gasteiger partial charge in [0.2, 0.25) is 0 Å². The maximum Gasteiger partial charge on any atom is 0.317 e. The number of urea groups is 1. The molecule has 1 aliphatic rings. The Balaban J connectivity index is 1.69. The van der Waals surface area contributed by atoms with E-state index in [1.165, 1.54) is 0 Å². The lowest BCUT2D eigenvalue weighted by atomic mass is 9.89. The summed E-state index contributed by atoms with van der Waals surface area (Å²) in [6.07, 6.45) is 2.78. The van der Waals surface area contributed by atoms with E-state index in [0.29, 0.717) is 18.7 Å². The lowest BCUT2D eigenvalue weighted by molar-refractivity contribution is 0.0935. The Morgan fingerprint density at radius 2 is 1.94 bits per heavy atom. The Morgan fingerprint density at radius 3 is 2.61 bits per heavy atom. The lowest BCUT2D eigenvalue weighted by Gasteiger charge is -2.33. The molecule has 2 atom stereocenters. The largest absolute Gasteiger partial charge is 0.497 e. The average molecular weight is 424 g/mol. The number of piperidine rings is 1. The third-order valence-electron chi connectivity index (χ3n) is 5.89. The number of carbonyl (C=O) groups is 2. The molecule has 31 heavy (non-hydrogen) atoms. The van der Waals surface area contributed by atoms with Crippen LogP contribution in [0.15, 0.2) is 48.5 Å². The second-order valence-corrected chi connectivity index (χ2v) is 7.95. The monoisotopic (exact) mass is 423 g/mol. The van der Waals surface area contributed by atoms with E-state index in [9.17, 15) is 9.59 Å².